The average Bonchev–Trinajstić information content (AvgIpc) is 2.54. The lowest BCUT2D eigenvalue weighted by Crippen LogP contribution is -2.00. The van der Waals surface area contributed by atoms with Gasteiger partial charge < -0.3 is 0 Å². The molecule has 0 fully saturated rings. The molecular formula is C16H10N2O3S3. The van der Waals surface area contributed by atoms with Gasteiger partial charge in [0.1, 0.15) is 4.90 Å². The molecule has 0 saturated carbocycles. The minimum Gasteiger partial charge on any atom is -0.282 e. The summed E-state index contributed by atoms with van der Waals surface area (Å²) >= 11 is 9.02. The van der Waals surface area contributed by atoms with Crippen LogP contribution in [0.5, 0.6) is 0 Å². The molecule has 2 rings (SSSR count). The molecule has 0 aromatic heterocycles. The molecule has 2 aromatic rings. The molecule has 0 spiro atoms. The highest BCUT2D eigenvalue weighted by Crippen LogP contribution is 2.24. The van der Waals surface area contributed by atoms with Crippen molar-refractivity contribution in [1.29, 1.82) is 0 Å². The standard InChI is InChI=1S/C16H10N2O3S3/c19-24(20,21)16-9-15(18-11-23)8-5-13(16)4-1-12-2-6-14(7-3-12)17-10-22/h1-9H,(H,19,20,21). The van der Waals surface area contributed by atoms with E-state index in [9.17, 15) is 13.0 Å². The molecule has 0 amide bonds. The molecule has 5 nitrogen and oxygen atoms in total. The van der Waals surface area contributed by atoms with Gasteiger partial charge in [-0.05, 0) is 59.8 Å². The fourth-order valence-corrected chi connectivity index (χ4v) is 2.82. The zero-order chi connectivity index (χ0) is 17.6. The molecule has 0 aliphatic heterocycles. The summed E-state index contributed by atoms with van der Waals surface area (Å²) < 4.78 is 32.5. The lowest BCUT2D eigenvalue weighted by Gasteiger charge is -2.04. The summed E-state index contributed by atoms with van der Waals surface area (Å²) in [5.41, 5.74) is 2.10. The second-order valence-electron chi connectivity index (χ2n) is 4.53. The maximum Gasteiger partial charge on any atom is 0.295 e. The van der Waals surface area contributed by atoms with E-state index in [1.807, 2.05) is 0 Å². The Morgan fingerprint density at radius 2 is 1.50 bits per heavy atom. The van der Waals surface area contributed by atoms with Crippen LogP contribution in [0.2, 0.25) is 0 Å². The molecule has 0 aliphatic carbocycles. The second-order valence-corrected chi connectivity index (χ2v) is 6.28. The van der Waals surface area contributed by atoms with Gasteiger partial charge in [0, 0.05) is 0 Å². The summed E-state index contributed by atoms with van der Waals surface area (Å²) in [7, 11) is -4.40. The van der Waals surface area contributed by atoms with Crippen LogP contribution in [0.3, 0.4) is 0 Å². The van der Waals surface area contributed by atoms with E-state index >= 15 is 0 Å². The van der Waals surface area contributed by atoms with Crippen LogP contribution in [0.25, 0.3) is 12.2 Å². The fourth-order valence-electron chi connectivity index (χ4n) is 1.91. The summed E-state index contributed by atoms with van der Waals surface area (Å²) in [4.78, 5) is 7.29. The maximum atomic E-state index is 11.5. The first kappa shape index (κ1) is 18.0. The zero-order valence-electron chi connectivity index (χ0n) is 12.1. The van der Waals surface area contributed by atoms with Crippen molar-refractivity contribution in [1.82, 2.24) is 0 Å². The molecule has 0 bridgehead atoms. The van der Waals surface area contributed by atoms with Gasteiger partial charge in [-0.15, -0.1) is 0 Å². The van der Waals surface area contributed by atoms with Gasteiger partial charge in [-0.3, -0.25) is 4.55 Å². The molecule has 8 heteroatoms. The number of rotatable bonds is 5. The number of hydrogen-bond acceptors (Lipinski definition) is 6. The molecule has 2 aromatic carbocycles. The van der Waals surface area contributed by atoms with E-state index in [1.165, 1.54) is 12.1 Å². The van der Waals surface area contributed by atoms with E-state index in [0.717, 1.165) is 5.56 Å². The number of aliphatic imine (C=N–C) groups is 2. The SMILES string of the molecule is O=S(=O)(O)c1cc(N=C=S)ccc1C=Cc1ccc(N=C=S)cc1. The van der Waals surface area contributed by atoms with Gasteiger partial charge in [0.15, 0.2) is 0 Å². The van der Waals surface area contributed by atoms with Gasteiger partial charge in [0.2, 0.25) is 0 Å². The van der Waals surface area contributed by atoms with Crippen LogP contribution in [0.4, 0.5) is 11.4 Å². The minimum atomic E-state index is -4.40. The maximum absolute atomic E-state index is 11.5. The van der Waals surface area contributed by atoms with Crippen molar-refractivity contribution in [2.24, 2.45) is 9.98 Å². The third-order valence-electron chi connectivity index (χ3n) is 2.97. The number of isothiocyanates is 2. The topological polar surface area (TPSA) is 79.1 Å². The van der Waals surface area contributed by atoms with Crippen LogP contribution in [0.15, 0.2) is 57.3 Å². The van der Waals surface area contributed by atoms with Crippen molar-refractivity contribution in [2.45, 2.75) is 4.90 Å². The number of benzene rings is 2. The first-order chi connectivity index (χ1) is 11.4. The number of hydrogen-bond donors (Lipinski definition) is 1. The lowest BCUT2D eigenvalue weighted by molar-refractivity contribution is 0.483. The van der Waals surface area contributed by atoms with E-state index in [2.05, 4.69) is 44.7 Å². The number of thiocarbonyl (C=S) groups is 2. The Labute approximate surface area is 149 Å². The fraction of sp³-hybridized carbons (Fsp3) is 0. The van der Waals surface area contributed by atoms with Gasteiger partial charge in [0.25, 0.3) is 10.1 Å². The summed E-state index contributed by atoms with van der Waals surface area (Å²) in [6.45, 7) is 0. The average molecular weight is 374 g/mol. The second kappa shape index (κ2) is 7.99. The predicted octanol–water partition coefficient (Wildman–Crippen LogP) is 4.57. The van der Waals surface area contributed by atoms with Crippen molar-refractivity contribution < 1.29 is 13.0 Å². The van der Waals surface area contributed by atoms with E-state index in [0.29, 0.717) is 11.3 Å². The lowest BCUT2D eigenvalue weighted by atomic mass is 10.1. The molecule has 24 heavy (non-hydrogen) atoms. The van der Waals surface area contributed by atoms with Gasteiger partial charge in [-0.25, -0.2) is 0 Å². The molecule has 0 radical (unpaired) electrons. The van der Waals surface area contributed by atoms with Crippen molar-refractivity contribution in [2.75, 3.05) is 0 Å². The van der Waals surface area contributed by atoms with Crippen LogP contribution in [-0.4, -0.2) is 23.3 Å². The van der Waals surface area contributed by atoms with Crippen LogP contribution in [-0.2, 0) is 10.1 Å². The monoisotopic (exact) mass is 374 g/mol. The first-order valence-electron chi connectivity index (χ1n) is 6.49. The van der Waals surface area contributed by atoms with E-state index in [-0.39, 0.29) is 10.6 Å². The Balaban J connectivity index is 2.41. The Morgan fingerprint density at radius 1 is 0.917 bits per heavy atom. The quantitative estimate of drug-likeness (QED) is 0.359. The highest BCUT2D eigenvalue weighted by Gasteiger charge is 2.14. The first-order valence-corrected chi connectivity index (χ1v) is 8.75. The van der Waals surface area contributed by atoms with Crippen molar-refractivity contribution >= 4 is 68.4 Å². The summed E-state index contributed by atoms with van der Waals surface area (Å²) in [5.74, 6) is 0. The molecule has 0 atom stereocenters. The predicted molar refractivity (Wildman–Crippen MR) is 101 cm³/mol. The Morgan fingerprint density at radius 3 is 2.08 bits per heavy atom. The van der Waals surface area contributed by atoms with Crippen LogP contribution >= 0.6 is 24.4 Å². The van der Waals surface area contributed by atoms with Crippen molar-refractivity contribution in [3.63, 3.8) is 0 Å². The van der Waals surface area contributed by atoms with E-state index in [4.69, 9.17) is 0 Å². The summed E-state index contributed by atoms with van der Waals surface area (Å²) in [6, 6.07) is 11.4. The Bertz CT molecular complexity index is 984. The van der Waals surface area contributed by atoms with Gasteiger partial charge >= 0.3 is 0 Å². The van der Waals surface area contributed by atoms with E-state index < -0.39 is 10.1 Å². The summed E-state index contributed by atoms with van der Waals surface area (Å²) in [6.07, 6.45) is 3.28. The molecule has 1 N–H and O–H groups in total. The molecule has 0 unspecified atom stereocenters. The van der Waals surface area contributed by atoms with E-state index in [1.54, 1.807) is 42.5 Å². The van der Waals surface area contributed by atoms with Crippen LogP contribution in [0, 0.1) is 0 Å². The summed E-state index contributed by atoms with van der Waals surface area (Å²) in [5, 5.41) is 4.42. The third-order valence-corrected chi connectivity index (χ3v) is 4.06. The van der Waals surface area contributed by atoms with Crippen molar-refractivity contribution in [3.05, 3.63) is 53.6 Å². The minimum absolute atomic E-state index is 0.257. The highest BCUT2D eigenvalue weighted by atomic mass is 32.2. The van der Waals surface area contributed by atoms with Gasteiger partial charge in [-0.2, -0.15) is 18.4 Å². The van der Waals surface area contributed by atoms with Crippen molar-refractivity contribution in [3.8, 4) is 0 Å². The zero-order valence-corrected chi connectivity index (χ0v) is 14.5. The third kappa shape index (κ3) is 4.84. The molecule has 120 valence electrons. The van der Waals surface area contributed by atoms with Gasteiger partial charge in [-0.1, -0.05) is 30.4 Å². The molecular weight excluding hydrogens is 364 g/mol. The highest BCUT2D eigenvalue weighted by molar-refractivity contribution is 7.86. The smallest absolute Gasteiger partial charge is 0.282 e. The molecule has 0 saturated heterocycles. The molecule has 0 heterocycles. The van der Waals surface area contributed by atoms with Crippen LogP contribution in [0.1, 0.15) is 11.1 Å². The Kier molecular flexibility index (Phi) is 6.00. The Hall–Kier alpha value is -2.31. The van der Waals surface area contributed by atoms with Gasteiger partial charge in [0.05, 0.1) is 21.7 Å². The molecule has 0 aliphatic rings. The van der Waals surface area contributed by atoms with Crippen LogP contribution < -0.4 is 0 Å². The number of nitrogens with zero attached hydrogens (tertiary/aromatic N) is 2. The normalized spacial score (nSPS) is 10.9. The largest absolute Gasteiger partial charge is 0.295 e.